The Bertz CT molecular complexity index is 1050. The van der Waals surface area contributed by atoms with E-state index in [0.29, 0.717) is 12.1 Å². The minimum Gasteiger partial charge on any atom is -0.348 e. The molecule has 0 aliphatic heterocycles. The van der Waals surface area contributed by atoms with Gasteiger partial charge in [-0.2, -0.15) is 0 Å². The molecule has 7 heteroatoms. The van der Waals surface area contributed by atoms with Crippen LogP contribution in [0.15, 0.2) is 78.0 Å². The van der Waals surface area contributed by atoms with Crippen LogP contribution in [0.25, 0.3) is 0 Å². The highest BCUT2D eigenvalue weighted by molar-refractivity contribution is 7.89. The number of benzene rings is 2. The Balaban J connectivity index is 1.62. The molecule has 0 saturated carbocycles. The Labute approximate surface area is 164 Å². The van der Waals surface area contributed by atoms with Gasteiger partial charge in [0, 0.05) is 31.0 Å². The fourth-order valence-electron chi connectivity index (χ4n) is 2.63. The van der Waals surface area contributed by atoms with E-state index in [2.05, 4.69) is 15.0 Å². The lowest BCUT2D eigenvalue weighted by atomic mass is 10.1. The Morgan fingerprint density at radius 1 is 0.929 bits per heavy atom. The van der Waals surface area contributed by atoms with E-state index in [1.807, 2.05) is 31.2 Å². The van der Waals surface area contributed by atoms with E-state index in [4.69, 9.17) is 0 Å². The molecule has 0 aliphatic carbocycles. The summed E-state index contributed by atoms with van der Waals surface area (Å²) in [4.78, 5) is 16.3. The number of amides is 1. The van der Waals surface area contributed by atoms with Gasteiger partial charge in [-0.05, 0) is 60.0 Å². The molecule has 144 valence electrons. The molecule has 0 radical (unpaired) electrons. The van der Waals surface area contributed by atoms with Crippen LogP contribution >= 0.6 is 0 Å². The molecule has 2 N–H and O–H groups in total. The molecular weight excluding hydrogens is 374 g/mol. The van der Waals surface area contributed by atoms with E-state index in [1.54, 1.807) is 24.5 Å². The normalized spacial score (nSPS) is 11.2. The standard InChI is InChI=1S/C21H21N3O3S/c1-16-4-2-3-5-19(16)15-23-21(25)18-6-8-20(9-7-18)28(26,27)24-14-17-10-12-22-13-11-17/h2-13,24H,14-15H2,1H3,(H,23,25). The number of nitrogens with zero attached hydrogens (tertiary/aromatic N) is 1. The number of nitrogens with one attached hydrogen (secondary N) is 2. The van der Waals surface area contributed by atoms with Gasteiger partial charge >= 0.3 is 0 Å². The van der Waals surface area contributed by atoms with Gasteiger partial charge in [0.05, 0.1) is 4.90 Å². The molecule has 6 nitrogen and oxygen atoms in total. The first-order valence-electron chi connectivity index (χ1n) is 8.77. The average molecular weight is 395 g/mol. The Hall–Kier alpha value is -3.03. The molecule has 0 bridgehead atoms. The zero-order valence-electron chi connectivity index (χ0n) is 15.4. The smallest absolute Gasteiger partial charge is 0.251 e. The monoisotopic (exact) mass is 395 g/mol. The second-order valence-electron chi connectivity index (χ2n) is 6.31. The molecule has 0 aliphatic rings. The molecule has 3 aromatic rings. The number of aromatic nitrogens is 1. The molecule has 0 saturated heterocycles. The van der Waals surface area contributed by atoms with E-state index >= 15 is 0 Å². The molecule has 1 aromatic heterocycles. The summed E-state index contributed by atoms with van der Waals surface area (Å²) in [6, 6.07) is 17.2. The number of hydrogen-bond acceptors (Lipinski definition) is 4. The third-order valence-corrected chi connectivity index (χ3v) is 5.76. The van der Waals surface area contributed by atoms with Crippen molar-refractivity contribution in [2.75, 3.05) is 0 Å². The van der Waals surface area contributed by atoms with Crippen LogP contribution in [0.4, 0.5) is 0 Å². The summed E-state index contributed by atoms with van der Waals surface area (Å²) < 4.78 is 27.4. The van der Waals surface area contributed by atoms with Gasteiger partial charge in [-0.1, -0.05) is 24.3 Å². The van der Waals surface area contributed by atoms with E-state index in [1.165, 1.54) is 24.3 Å². The number of sulfonamides is 1. The lowest BCUT2D eigenvalue weighted by molar-refractivity contribution is 0.0951. The lowest BCUT2D eigenvalue weighted by Crippen LogP contribution is -2.24. The predicted molar refractivity (Wildman–Crippen MR) is 107 cm³/mol. The second kappa shape index (κ2) is 8.77. The van der Waals surface area contributed by atoms with E-state index in [9.17, 15) is 13.2 Å². The van der Waals surface area contributed by atoms with E-state index in [-0.39, 0.29) is 17.3 Å². The number of hydrogen-bond donors (Lipinski definition) is 2. The zero-order valence-corrected chi connectivity index (χ0v) is 16.2. The lowest BCUT2D eigenvalue weighted by Gasteiger charge is -2.09. The largest absolute Gasteiger partial charge is 0.348 e. The summed E-state index contributed by atoms with van der Waals surface area (Å²) >= 11 is 0. The summed E-state index contributed by atoms with van der Waals surface area (Å²) in [5.41, 5.74) is 3.35. The highest BCUT2D eigenvalue weighted by atomic mass is 32.2. The molecule has 1 heterocycles. The maximum atomic E-state index is 12.4. The molecule has 0 fully saturated rings. The van der Waals surface area contributed by atoms with Crippen molar-refractivity contribution in [2.45, 2.75) is 24.9 Å². The Kier molecular flexibility index (Phi) is 6.18. The average Bonchev–Trinajstić information content (AvgIpc) is 2.72. The second-order valence-corrected chi connectivity index (χ2v) is 8.08. The first-order chi connectivity index (χ1) is 13.5. The highest BCUT2D eigenvalue weighted by Crippen LogP contribution is 2.12. The molecule has 0 atom stereocenters. The van der Waals surface area contributed by atoms with Gasteiger partial charge in [0.1, 0.15) is 0 Å². The van der Waals surface area contributed by atoms with Gasteiger partial charge in [-0.15, -0.1) is 0 Å². The molecule has 2 aromatic carbocycles. The van der Waals surface area contributed by atoms with Crippen LogP contribution in [0.1, 0.15) is 27.0 Å². The van der Waals surface area contributed by atoms with Crippen LogP contribution in [-0.2, 0) is 23.1 Å². The van der Waals surface area contributed by atoms with Gasteiger partial charge in [0.2, 0.25) is 10.0 Å². The van der Waals surface area contributed by atoms with Gasteiger partial charge < -0.3 is 5.32 Å². The van der Waals surface area contributed by atoms with Crippen LogP contribution < -0.4 is 10.0 Å². The van der Waals surface area contributed by atoms with Crippen molar-refractivity contribution < 1.29 is 13.2 Å². The van der Waals surface area contributed by atoms with Gasteiger partial charge in [0.15, 0.2) is 0 Å². The topological polar surface area (TPSA) is 88.2 Å². The van der Waals surface area contributed by atoms with E-state index in [0.717, 1.165) is 16.7 Å². The fourth-order valence-corrected chi connectivity index (χ4v) is 3.65. The molecule has 3 rings (SSSR count). The summed E-state index contributed by atoms with van der Waals surface area (Å²) in [5.74, 6) is -0.253. The van der Waals surface area contributed by atoms with Crippen molar-refractivity contribution >= 4 is 15.9 Å². The van der Waals surface area contributed by atoms with Crippen molar-refractivity contribution in [1.29, 1.82) is 0 Å². The Morgan fingerprint density at radius 3 is 2.29 bits per heavy atom. The van der Waals surface area contributed by atoms with Gasteiger partial charge in [-0.25, -0.2) is 13.1 Å². The van der Waals surface area contributed by atoms with Gasteiger partial charge in [-0.3, -0.25) is 9.78 Å². The summed E-state index contributed by atoms with van der Waals surface area (Å²) in [6.07, 6.45) is 3.21. The predicted octanol–water partition coefficient (Wildman–Crippen LogP) is 2.80. The van der Waals surface area contributed by atoms with Crippen molar-refractivity contribution in [1.82, 2.24) is 15.0 Å². The van der Waals surface area contributed by atoms with Crippen LogP contribution in [0.3, 0.4) is 0 Å². The zero-order chi connectivity index (χ0) is 20.0. The van der Waals surface area contributed by atoms with Crippen LogP contribution in [-0.4, -0.2) is 19.3 Å². The first kappa shape index (κ1) is 19.7. The van der Waals surface area contributed by atoms with E-state index < -0.39 is 10.0 Å². The number of carbonyl (C=O) groups excluding carboxylic acids is 1. The molecular formula is C21H21N3O3S. The van der Waals surface area contributed by atoms with Crippen molar-refractivity contribution in [2.24, 2.45) is 0 Å². The Morgan fingerprint density at radius 2 is 1.61 bits per heavy atom. The number of aryl methyl sites for hydroxylation is 1. The number of rotatable bonds is 7. The minimum absolute atomic E-state index is 0.108. The maximum Gasteiger partial charge on any atom is 0.251 e. The maximum absolute atomic E-state index is 12.4. The molecule has 1 amide bonds. The van der Waals surface area contributed by atoms with Crippen molar-refractivity contribution in [3.63, 3.8) is 0 Å². The number of carbonyl (C=O) groups is 1. The summed E-state index contributed by atoms with van der Waals surface area (Å²) in [7, 11) is -3.66. The third-order valence-electron chi connectivity index (χ3n) is 4.34. The van der Waals surface area contributed by atoms with Crippen molar-refractivity contribution in [3.8, 4) is 0 Å². The van der Waals surface area contributed by atoms with Crippen LogP contribution in [0.2, 0.25) is 0 Å². The minimum atomic E-state index is -3.66. The van der Waals surface area contributed by atoms with Crippen molar-refractivity contribution in [3.05, 3.63) is 95.3 Å². The third kappa shape index (κ3) is 5.03. The van der Waals surface area contributed by atoms with Crippen LogP contribution in [0.5, 0.6) is 0 Å². The molecule has 0 unspecified atom stereocenters. The van der Waals surface area contributed by atoms with Crippen LogP contribution in [0, 0.1) is 6.92 Å². The summed E-state index contributed by atoms with van der Waals surface area (Å²) in [5, 5.41) is 2.85. The fraction of sp³-hybridized carbons (Fsp3) is 0.143. The quantitative estimate of drug-likeness (QED) is 0.644. The van der Waals surface area contributed by atoms with Gasteiger partial charge in [0.25, 0.3) is 5.91 Å². The SMILES string of the molecule is Cc1ccccc1CNC(=O)c1ccc(S(=O)(=O)NCc2ccncc2)cc1. The highest BCUT2D eigenvalue weighted by Gasteiger charge is 2.15. The summed E-state index contributed by atoms with van der Waals surface area (Å²) in [6.45, 7) is 2.57. The number of pyridine rings is 1. The molecule has 0 spiro atoms. The first-order valence-corrected chi connectivity index (χ1v) is 10.3. The molecule has 28 heavy (non-hydrogen) atoms.